The molecule has 1 aliphatic carbocycles. The van der Waals surface area contributed by atoms with E-state index in [0.717, 1.165) is 42.6 Å². The molecule has 132 valence electrons. The summed E-state index contributed by atoms with van der Waals surface area (Å²) in [4.78, 5) is 24.5. The lowest BCUT2D eigenvalue weighted by Crippen LogP contribution is -2.47. The van der Waals surface area contributed by atoms with Crippen LogP contribution in [0.4, 0.5) is 0 Å². The third kappa shape index (κ3) is 4.49. The van der Waals surface area contributed by atoms with Crippen molar-refractivity contribution in [3.63, 3.8) is 0 Å². The molecule has 0 aromatic heterocycles. The first-order valence-corrected chi connectivity index (χ1v) is 8.67. The van der Waals surface area contributed by atoms with Crippen LogP contribution in [0.15, 0.2) is 18.2 Å². The zero-order valence-electron chi connectivity index (χ0n) is 15.0. The zero-order valence-corrected chi connectivity index (χ0v) is 15.0. The Morgan fingerprint density at radius 1 is 1.17 bits per heavy atom. The molecule has 1 aromatic rings. The molecule has 2 amide bonds. The van der Waals surface area contributed by atoms with Crippen molar-refractivity contribution in [3.8, 4) is 5.75 Å². The lowest BCUT2D eigenvalue weighted by atomic mass is 10.0. The topological polar surface area (TPSA) is 67.4 Å². The maximum atomic E-state index is 12.4. The van der Waals surface area contributed by atoms with Gasteiger partial charge in [-0.3, -0.25) is 9.59 Å². The van der Waals surface area contributed by atoms with E-state index in [9.17, 15) is 9.59 Å². The molecule has 1 fully saturated rings. The number of methoxy groups -OCH3 is 1. The lowest BCUT2D eigenvalue weighted by molar-refractivity contribution is -0.131. The fraction of sp³-hybridized carbons (Fsp3) is 0.579. The van der Waals surface area contributed by atoms with E-state index in [1.165, 1.54) is 0 Å². The first-order valence-electron chi connectivity index (χ1n) is 8.67. The summed E-state index contributed by atoms with van der Waals surface area (Å²) in [5.74, 6) is 0.624. The standard InChI is InChI=1S/C19H28N2O3/c1-12-9-10-17(24-4)16(11-12)13(2)20-18(22)14(3)21-19(23)15-7-5-6-8-15/h9-11,13-15H,5-8H2,1-4H3,(H,20,22)(H,21,23)/t13-,14+/m1/s1. The molecule has 2 atom stereocenters. The summed E-state index contributed by atoms with van der Waals surface area (Å²) in [5.41, 5.74) is 2.04. The van der Waals surface area contributed by atoms with Crippen LogP contribution in [-0.4, -0.2) is 25.0 Å². The van der Waals surface area contributed by atoms with Crippen molar-refractivity contribution >= 4 is 11.8 Å². The quantitative estimate of drug-likeness (QED) is 0.842. The van der Waals surface area contributed by atoms with E-state index >= 15 is 0 Å². The fourth-order valence-corrected chi connectivity index (χ4v) is 3.19. The summed E-state index contributed by atoms with van der Waals surface area (Å²) >= 11 is 0. The van der Waals surface area contributed by atoms with Gasteiger partial charge in [-0.1, -0.05) is 30.5 Å². The van der Waals surface area contributed by atoms with E-state index in [4.69, 9.17) is 4.74 Å². The van der Waals surface area contributed by atoms with E-state index < -0.39 is 6.04 Å². The van der Waals surface area contributed by atoms with Crippen molar-refractivity contribution < 1.29 is 14.3 Å². The Balaban J connectivity index is 1.95. The predicted octanol–water partition coefficient (Wildman–Crippen LogP) is 2.88. The second-order valence-corrected chi connectivity index (χ2v) is 6.69. The Bertz CT molecular complexity index is 594. The van der Waals surface area contributed by atoms with Crippen LogP contribution in [0.25, 0.3) is 0 Å². The van der Waals surface area contributed by atoms with Gasteiger partial charge < -0.3 is 15.4 Å². The summed E-state index contributed by atoms with van der Waals surface area (Å²) in [6, 6.07) is 5.14. The van der Waals surface area contributed by atoms with Crippen LogP contribution in [0.3, 0.4) is 0 Å². The van der Waals surface area contributed by atoms with E-state index in [0.29, 0.717) is 0 Å². The Labute approximate surface area is 144 Å². The van der Waals surface area contributed by atoms with Gasteiger partial charge >= 0.3 is 0 Å². The van der Waals surface area contributed by atoms with Gasteiger partial charge in [-0.05, 0) is 39.7 Å². The number of carbonyl (C=O) groups excluding carboxylic acids is 2. The molecule has 0 heterocycles. The molecule has 0 bridgehead atoms. The minimum Gasteiger partial charge on any atom is -0.496 e. The lowest BCUT2D eigenvalue weighted by Gasteiger charge is -2.21. The second-order valence-electron chi connectivity index (χ2n) is 6.69. The summed E-state index contributed by atoms with van der Waals surface area (Å²) in [7, 11) is 1.62. The fourth-order valence-electron chi connectivity index (χ4n) is 3.19. The molecule has 0 saturated heterocycles. The van der Waals surface area contributed by atoms with Gasteiger partial charge in [0, 0.05) is 11.5 Å². The van der Waals surface area contributed by atoms with E-state index in [1.807, 2.05) is 32.0 Å². The molecule has 24 heavy (non-hydrogen) atoms. The summed E-state index contributed by atoms with van der Waals surface area (Å²) in [6.07, 6.45) is 4.06. The van der Waals surface area contributed by atoms with Crippen molar-refractivity contribution in [2.45, 2.75) is 58.5 Å². The monoisotopic (exact) mass is 332 g/mol. The highest BCUT2D eigenvalue weighted by atomic mass is 16.5. The van der Waals surface area contributed by atoms with Crippen LogP contribution >= 0.6 is 0 Å². The van der Waals surface area contributed by atoms with Crippen LogP contribution in [0, 0.1) is 12.8 Å². The van der Waals surface area contributed by atoms with E-state index in [1.54, 1.807) is 14.0 Å². The van der Waals surface area contributed by atoms with Crippen molar-refractivity contribution in [1.29, 1.82) is 0 Å². The maximum Gasteiger partial charge on any atom is 0.242 e. The molecule has 0 spiro atoms. The normalized spacial score (nSPS) is 17.2. The maximum absolute atomic E-state index is 12.4. The molecular weight excluding hydrogens is 304 g/mol. The second kappa shape index (κ2) is 8.18. The molecule has 0 unspecified atom stereocenters. The Hall–Kier alpha value is -2.04. The number of aryl methyl sites for hydroxylation is 1. The minimum atomic E-state index is -0.545. The highest BCUT2D eigenvalue weighted by molar-refractivity contribution is 5.88. The number of amides is 2. The van der Waals surface area contributed by atoms with Gasteiger partial charge in [0.1, 0.15) is 11.8 Å². The molecule has 0 radical (unpaired) electrons. The molecule has 2 N–H and O–H groups in total. The van der Waals surface area contributed by atoms with E-state index in [-0.39, 0.29) is 23.8 Å². The summed E-state index contributed by atoms with van der Waals surface area (Å²) in [6.45, 7) is 5.64. The Kier molecular flexibility index (Phi) is 6.23. The number of hydrogen-bond acceptors (Lipinski definition) is 3. The van der Waals surface area contributed by atoms with Gasteiger partial charge in [-0.15, -0.1) is 0 Å². The number of carbonyl (C=O) groups is 2. The number of nitrogens with one attached hydrogen (secondary N) is 2. The molecule has 1 saturated carbocycles. The van der Waals surface area contributed by atoms with Crippen LogP contribution < -0.4 is 15.4 Å². The van der Waals surface area contributed by atoms with Crippen LogP contribution in [0.1, 0.15) is 56.7 Å². The average Bonchev–Trinajstić information content (AvgIpc) is 3.09. The van der Waals surface area contributed by atoms with Crippen molar-refractivity contribution in [1.82, 2.24) is 10.6 Å². The predicted molar refractivity (Wildman–Crippen MR) is 93.9 cm³/mol. The Morgan fingerprint density at radius 2 is 1.83 bits per heavy atom. The Morgan fingerprint density at radius 3 is 2.46 bits per heavy atom. The highest BCUT2D eigenvalue weighted by Crippen LogP contribution is 2.26. The SMILES string of the molecule is COc1ccc(C)cc1[C@@H](C)NC(=O)[C@H](C)NC(=O)C1CCCC1. The number of ether oxygens (including phenoxy) is 1. The van der Waals surface area contributed by atoms with Gasteiger partial charge in [0.05, 0.1) is 13.2 Å². The van der Waals surface area contributed by atoms with Crippen molar-refractivity contribution in [2.24, 2.45) is 5.92 Å². The largest absolute Gasteiger partial charge is 0.496 e. The smallest absolute Gasteiger partial charge is 0.242 e. The third-order valence-corrected chi connectivity index (χ3v) is 4.69. The third-order valence-electron chi connectivity index (χ3n) is 4.69. The van der Waals surface area contributed by atoms with Crippen molar-refractivity contribution in [3.05, 3.63) is 29.3 Å². The molecule has 5 heteroatoms. The van der Waals surface area contributed by atoms with Gasteiger partial charge in [0.2, 0.25) is 11.8 Å². The van der Waals surface area contributed by atoms with Gasteiger partial charge in [0.25, 0.3) is 0 Å². The van der Waals surface area contributed by atoms with Gasteiger partial charge in [-0.2, -0.15) is 0 Å². The van der Waals surface area contributed by atoms with Crippen molar-refractivity contribution in [2.75, 3.05) is 7.11 Å². The first kappa shape index (κ1) is 18.3. The van der Waals surface area contributed by atoms with Crippen LogP contribution in [-0.2, 0) is 9.59 Å². The molecule has 0 aliphatic heterocycles. The van der Waals surface area contributed by atoms with Crippen LogP contribution in [0.2, 0.25) is 0 Å². The van der Waals surface area contributed by atoms with Gasteiger partial charge in [0.15, 0.2) is 0 Å². The molecule has 1 aliphatic rings. The van der Waals surface area contributed by atoms with Gasteiger partial charge in [-0.25, -0.2) is 0 Å². The summed E-state index contributed by atoms with van der Waals surface area (Å²) < 4.78 is 5.37. The zero-order chi connectivity index (χ0) is 17.7. The number of benzene rings is 1. The average molecular weight is 332 g/mol. The molecule has 2 rings (SSSR count). The summed E-state index contributed by atoms with van der Waals surface area (Å²) in [5, 5.41) is 5.80. The minimum absolute atomic E-state index is 0.00376. The molecular formula is C19H28N2O3. The number of rotatable bonds is 6. The molecule has 5 nitrogen and oxygen atoms in total. The highest BCUT2D eigenvalue weighted by Gasteiger charge is 2.26. The van der Waals surface area contributed by atoms with E-state index in [2.05, 4.69) is 10.6 Å². The van der Waals surface area contributed by atoms with Crippen LogP contribution in [0.5, 0.6) is 5.75 Å². The molecule has 1 aromatic carbocycles. The number of hydrogen-bond donors (Lipinski definition) is 2. The first-order chi connectivity index (χ1) is 11.4.